The maximum absolute atomic E-state index is 8.59. The molecule has 0 aliphatic heterocycles. The van der Waals surface area contributed by atoms with E-state index in [0.717, 1.165) is 43.6 Å². The molecule has 0 nitrogen and oxygen atoms in total. The van der Waals surface area contributed by atoms with E-state index in [4.69, 9.17) is 5.48 Å². The first kappa shape index (κ1) is 59.2. The quantitative estimate of drug-likeness (QED) is 0.165. The molecule has 0 heteroatoms. The summed E-state index contributed by atoms with van der Waals surface area (Å²) in [5.74, 6) is 0.230. The number of hydrogen-bond donors (Lipinski definition) is 0. The Morgan fingerprint density at radius 2 is 0.545 bits per heavy atom. The van der Waals surface area contributed by atoms with E-state index < -0.39 is 11.8 Å². The van der Waals surface area contributed by atoms with Gasteiger partial charge in [-0.3, -0.25) is 0 Å². The van der Waals surface area contributed by atoms with Crippen molar-refractivity contribution in [2.24, 2.45) is 10.8 Å². The van der Waals surface area contributed by atoms with Crippen LogP contribution in [0.25, 0.3) is 0 Å². The van der Waals surface area contributed by atoms with Gasteiger partial charge in [-0.25, -0.2) is 0 Å². The van der Waals surface area contributed by atoms with E-state index >= 15 is 0 Å². The van der Waals surface area contributed by atoms with Crippen molar-refractivity contribution in [2.45, 2.75) is 293 Å². The van der Waals surface area contributed by atoms with Crippen LogP contribution in [0.4, 0.5) is 0 Å². The minimum absolute atomic E-state index is 0.118. The zero-order valence-electron chi connectivity index (χ0n) is 57.7. The summed E-state index contributed by atoms with van der Waals surface area (Å²) in [6.45, 7) is 46.2. The molecule has 3 saturated carbocycles. The maximum atomic E-state index is 8.59. The molecule has 0 bridgehead atoms. The fraction of sp³-hybridized carbons (Fsp3) is 0.610. The van der Waals surface area contributed by atoms with E-state index in [1.54, 1.807) is 5.56 Å². The third-order valence-corrected chi connectivity index (χ3v) is 15.7. The zero-order valence-corrected chi connectivity index (χ0v) is 53.7. The van der Waals surface area contributed by atoms with E-state index in [0.29, 0.717) is 5.41 Å². The molecule has 0 spiro atoms. The summed E-state index contributed by atoms with van der Waals surface area (Å²) in [6, 6.07) is 43.9. The van der Waals surface area contributed by atoms with Gasteiger partial charge in [-0.05, 0) is 163 Å². The summed E-state index contributed by atoms with van der Waals surface area (Å²) in [6.07, 6.45) is 17.2. The van der Waals surface area contributed by atoms with E-state index in [9.17, 15) is 0 Å². The van der Waals surface area contributed by atoms with Gasteiger partial charge in [0.15, 0.2) is 0 Å². The monoisotopic (exact) mass is 1050 g/mol. The number of benzene rings is 5. The van der Waals surface area contributed by atoms with Gasteiger partial charge < -0.3 is 0 Å². The van der Waals surface area contributed by atoms with Gasteiger partial charge in [-0.1, -0.05) is 318 Å². The first-order valence-corrected chi connectivity index (χ1v) is 30.6. The molecule has 0 radical (unpaired) electrons. The average Bonchev–Trinajstić information content (AvgIpc) is 3.84. The Labute approximate surface area is 483 Å². The highest BCUT2D eigenvalue weighted by Crippen LogP contribution is 2.37. The summed E-state index contributed by atoms with van der Waals surface area (Å²) in [5, 5.41) is 0. The summed E-state index contributed by atoms with van der Waals surface area (Å²) in [5.41, 5.74) is 14.1. The molecule has 77 heavy (non-hydrogen) atoms. The van der Waals surface area contributed by atoms with Crippen molar-refractivity contribution in [1.29, 1.82) is 0 Å². The Morgan fingerprint density at radius 3 is 0.818 bits per heavy atom. The molecule has 3 aliphatic rings. The summed E-state index contributed by atoms with van der Waals surface area (Å²) in [7, 11) is 0. The Hall–Kier alpha value is -3.90. The van der Waals surface area contributed by atoms with Gasteiger partial charge in [0.25, 0.3) is 0 Å². The van der Waals surface area contributed by atoms with Gasteiger partial charge in [-0.2, -0.15) is 0 Å². The van der Waals surface area contributed by atoms with Gasteiger partial charge in [-0.15, -0.1) is 0 Å². The second-order valence-electron chi connectivity index (χ2n) is 30.7. The maximum Gasteiger partial charge on any atom is 0.0352 e. The van der Waals surface area contributed by atoms with Crippen molar-refractivity contribution in [3.63, 3.8) is 0 Å². The van der Waals surface area contributed by atoms with Crippen molar-refractivity contribution in [2.75, 3.05) is 0 Å². The highest BCUT2D eigenvalue weighted by atomic mass is 14.3. The van der Waals surface area contributed by atoms with Gasteiger partial charge >= 0.3 is 0 Å². The van der Waals surface area contributed by atoms with Crippen LogP contribution in [0.15, 0.2) is 121 Å². The predicted molar refractivity (Wildman–Crippen MR) is 345 cm³/mol. The predicted octanol–water partition coefficient (Wildman–Crippen LogP) is 23.9. The highest BCUT2D eigenvalue weighted by Gasteiger charge is 2.22. The van der Waals surface area contributed by atoms with Crippen LogP contribution >= 0.6 is 0 Å². The number of rotatable bonds is 5. The van der Waals surface area contributed by atoms with Crippen LogP contribution in [-0.4, -0.2) is 0 Å². The lowest BCUT2D eigenvalue weighted by molar-refractivity contribution is 0.410. The Balaban J connectivity index is 0.000000218. The van der Waals surface area contributed by atoms with Crippen molar-refractivity contribution < 1.29 is 5.48 Å². The third-order valence-electron chi connectivity index (χ3n) is 15.7. The highest BCUT2D eigenvalue weighted by molar-refractivity contribution is 5.33. The molecule has 0 atom stereocenters. The molecule has 3 fully saturated rings. The fourth-order valence-corrected chi connectivity index (χ4v) is 10.7. The van der Waals surface area contributed by atoms with Crippen molar-refractivity contribution in [1.82, 2.24) is 0 Å². The van der Waals surface area contributed by atoms with E-state index in [1.807, 2.05) is 45.0 Å². The third kappa shape index (κ3) is 24.2. The summed E-state index contributed by atoms with van der Waals surface area (Å²) < 4.78 is 33.5. The topological polar surface area (TPSA) is 0 Å². The fourth-order valence-electron chi connectivity index (χ4n) is 10.7. The molecule has 0 N–H and O–H groups in total. The number of hydrogen-bond acceptors (Lipinski definition) is 0. The van der Waals surface area contributed by atoms with Crippen LogP contribution < -0.4 is 0 Å². The van der Waals surface area contributed by atoms with Gasteiger partial charge in [0, 0.05) is 5.48 Å². The normalized spacial score (nSPS) is 18.1. The van der Waals surface area contributed by atoms with Gasteiger partial charge in [0.1, 0.15) is 0 Å². The van der Waals surface area contributed by atoms with Crippen LogP contribution in [0.2, 0.25) is 0 Å². The SMILES string of the molecule is CC(C)(C)Cc1ccc(C(C)(C)C)cc1.CC(C)(C)c1ccc(C2CCCCC2)cc1.[2H]C([2H])(c1ccc(C(C)(C)C)cc1)C(C)(C)C.[2H]C1(c2ccc(C(C)(C)C)cc2)CCCC1.[2H]C1(c2ccc(C(C)(C)C)cc2)CCCCC1. The largest absolute Gasteiger partial charge is 0.0599 e. The molecule has 0 heterocycles. The Kier molecular flexibility index (Phi) is 21.9. The van der Waals surface area contributed by atoms with E-state index in [-0.39, 0.29) is 38.9 Å². The second-order valence-corrected chi connectivity index (χ2v) is 30.7. The lowest BCUT2D eigenvalue weighted by Gasteiger charge is -2.24. The minimum atomic E-state index is -1.30. The molecule has 0 amide bonds. The van der Waals surface area contributed by atoms with Crippen LogP contribution in [-0.2, 0) is 39.9 Å². The molecular weight excluding hydrogens is 925 g/mol. The lowest BCUT2D eigenvalue weighted by Crippen LogP contribution is -2.12. The Bertz CT molecular complexity index is 2580. The van der Waals surface area contributed by atoms with Crippen molar-refractivity contribution in [3.8, 4) is 0 Å². The van der Waals surface area contributed by atoms with Crippen molar-refractivity contribution >= 4 is 0 Å². The molecule has 0 saturated heterocycles. The zero-order chi connectivity index (χ0) is 61.1. The first-order chi connectivity index (χ1) is 37.1. The first-order valence-electron chi connectivity index (χ1n) is 32.6. The van der Waals surface area contributed by atoms with Crippen LogP contribution in [0.3, 0.4) is 0 Å². The van der Waals surface area contributed by atoms with Gasteiger partial charge in [0.05, 0.1) is 0 Å². The lowest BCUT2D eigenvalue weighted by atomic mass is 9.81. The Morgan fingerprint density at radius 1 is 0.299 bits per heavy atom. The summed E-state index contributed by atoms with van der Waals surface area (Å²) in [4.78, 5) is 0. The smallest absolute Gasteiger partial charge is 0.0352 e. The average molecular weight is 1050 g/mol. The second kappa shape index (κ2) is 28.5. The van der Waals surface area contributed by atoms with Crippen LogP contribution in [0, 0.1) is 10.8 Å². The summed E-state index contributed by atoms with van der Waals surface area (Å²) >= 11 is 0. The van der Waals surface area contributed by atoms with Gasteiger partial charge in [0.2, 0.25) is 0 Å². The molecule has 426 valence electrons. The molecule has 5 aromatic carbocycles. The minimum Gasteiger partial charge on any atom is -0.0599 e. The molecule has 0 aromatic heterocycles. The van der Waals surface area contributed by atoms with Crippen LogP contribution in [0.1, 0.15) is 314 Å². The molecule has 3 aliphatic carbocycles. The molecule has 0 unspecified atom stereocenters. The molecular formula is C77H118. The van der Waals surface area contributed by atoms with Crippen molar-refractivity contribution in [3.05, 3.63) is 177 Å². The van der Waals surface area contributed by atoms with E-state index in [1.165, 1.54) is 109 Å². The van der Waals surface area contributed by atoms with E-state index in [2.05, 4.69) is 222 Å². The van der Waals surface area contributed by atoms with Crippen LogP contribution in [0.5, 0.6) is 0 Å². The standard InChI is InChI=1S/2C16H24.C15H22.2C15H24/c2*1-16(2,3)15-11-9-14(10-12-15)13-7-5-4-6-8-13;1-15(2,3)14-10-8-13(9-11-14)12-6-4-5-7-12;2*1-14(2,3)11-12-7-9-13(10-8-12)15(4,5)6/h2*9-13H,4-8H2,1-3H3;8-12H,4-7H2,1-3H3;2*7-10H,11H2,1-6H3/i13D;;12D;11D2;. The molecule has 5 aromatic rings. The molecule has 8 rings (SSSR count).